The highest BCUT2D eigenvalue weighted by atomic mass is 19.2. The van der Waals surface area contributed by atoms with E-state index >= 15 is 0 Å². The Kier molecular flexibility index (Phi) is 6.65. The summed E-state index contributed by atoms with van der Waals surface area (Å²) in [5.74, 6) is -5.61. The molecule has 3 heterocycles. The fourth-order valence-electron chi connectivity index (χ4n) is 4.41. The molecule has 1 atom stereocenters. The van der Waals surface area contributed by atoms with E-state index in [0.717, 1.165) is 21.3 Å². The summed E-state index contributed by atoms with van der Waals surface area (Å²) >= 11 is 0. The van der Waals surface area contributed by atoms with Crippen molar-refractivity contribution in [3.05, 3.63) is 85.6 Å². The highest BCUT2D eigenvalue weighted by molar-refractivity contribution is 5.78. The van der Waals surface area contributed by atoms with E-state index in [2.05, 4.69) is 4.98 Å². The van der Waals surface area contributed by atoms with Crippen molar-refractivity contribution in [3.63, 3.8) is 0 Å². The van der Waals surface area contributed by atoms with E-state index < -0.39 is 47.1 Å². The quantitative estimate of drug-likeness (QED) is 0.514. The molecule has 1 aromatic carbocycles. The minimum atomic E-state index is -1.65. The lowest BCUT2D eigenvalue weighted by Crippen LogP contribution is -2.44. The number of hydrogen-bond donors (Lipinski definition) is 1. The number of nitrogens with zero attached hydrogens (tertiary/aromatic N) is 5. The number of carbonyl (C=O) groups excluding carboxylic acids is 1. The number of aryl methyl sites for hydroxylation is 1. The molecule has 1 aliphatic heterocycles. The van der Waals surface area contributed by atoms with Crippen LogP contribution in [0.1, 0.15) is 23.1 Å². The largest absolute Gasteiger partial charge is 0.369 e. The number of nitriles is 1. The molecule has 2 aromatic heterocycles. The van der Waals surface area contributed by atoms with Gasteiger partial charge in [0.15, 0.2) is 17.5 Å². The van der Waals surface area contributed by atoms with E-state index in [1.165, 1.54) is 12.4 Å². The first kappa shape index (κ1) is 24.7. The number of primary amides is 1. The maximum atomic E-state index is 14.0. The highest BCUT2D eigenvalue weighted by Gasteiger charge is 2.32. The van der Waals surface area contributed by atoms with Gasteiger partial charge in [-0.3, -0.25) is 19.1 Å². The van der Waals surface area contributed by atoms with Gasteiger partial charge in [-0.05, 0) is 42.7 Å². The zero-order valence-electron chi connectivity index (χ0n) is 19.2. The first-order chi connectivity index (χ1) is 17.1. The fraction of sp³-hybridized carbons (Fsp3) is 0.292. The number of amides is 1. The van der Waals surface area contributed by atoms with Crippen LogP contribution in [0.5, 0.6) is 0 Å². The molecule has 0 radical (unpaired) electrons. The van der Waals surface area contributed by atoms with Crippen LogP contribution >= 0.6 is 0 Å². The Morgan fingerprint density at radius 3 is 2.47 bits per heavy atom. The molecule has 0 aliphatic carbocycles. The van der Waals surface area contributed by atoms with Crippen LogP contribution in [0.3, 0.4) is 0 Å². The zero-order chi connectivity index (χ0) is 26.1. The SMILES string of the molecule is Cc1cncc(-n2c(=O)c(Cc3cc(F)c(F)c(F)c3)c(N3CC[C@@H](C(N)=O)C3)n(CC#N)c2=O)c1. The summed E-state index contributed by atoms with van der Waals surface area (Å²) in [6.45, 7) is 1.58. The Morgan fingerprint density at radius 2 is 1.89 bits per heavy atom. The Balaban J connectivity index is 2.01. The summed E-state index contributed by atoms with van der Waals surface area (Å²) in [4.78, 5) is 44.6. The van der Waals surface area contributed by atoms with Gasteiger partial charge in [0.1, 0.15) is 12.4 Å². The predicted octanol–water partition coefficient (Wildman–Crippen LogP) is 1.55. The average Bonchev–Trinajstić information content (AvgIpc) is 3.31. The number of pyridine rings is 1. The third kappa shape index (κ3) is 4.47. The molecule has 0 unspecified atom stereocenters. The zero-order valence-corrected chi connectivity index (χ0v) is 19.2. The lowest BCUT2D eigenvalue weighted by atomic mass is 10.0. The Morgan fingerprint density at radius 1 is 1.19 bits per heavy atom. The van der Waals surface area contributed by atoms with Crippen molar-refractivity contribution in [2.24, 2.45) is 11.7 Å². The number of carbonyl (C=O) groups is 1. The van der Waals surface area contributed by atoms with Gasteiger partial charge in [-0.2, -0.15) is 5.26 Å². The minimum Gasteiger partial charge on any atom is -0.369 e. The van der Waals surface area contributed by atoms with Gasteiger partial charge in [0.05, 0.1) is 29.4 Å². The smallest absolute Gasteiger partial charge is 0.338 e. The normalized spacial score (nSPS) is 15.2. The van der Waals surface area contributed by atoms with Crippen LogP contribution in [0, 0.1) is 41.6 Å². The summed E-state index contributed by atoms with van der Waals surface area (Å²) in [6, 6.07) is 4.96. The Bertz CT molecular complexity index is 1500. The molecule has 2 N–H and O–H groups in total. The second kappa shape index (κ2) is 9.69. The van der Waals surface area contributed by atoms with Gasteiger partial charge in [-0.1, -0.05) is 0 Å². The van der Waals surface area contributed by atoms with Crippen molar-refractivity contribution < 1.29 is 18.0 Å². The van der Waals surface area contributed by atoms with Gasteiger partial charge >= 0.3 is 5.69 Å². The molecule has 4 rings (SSSR count). The maximum Gasteiger partial charge on any atom is 0.338 e. The molecule has 186 valence electrons. The van der Waals surface area contributed by atoms with Crippen molar-refractivity contribution >= 4 is 11.7 Å². The van der Waals surface area contributed by atoms with E-state index in [9.17, 15) is 32.8 Å². The number of nitrogens with two attached hydrogens (primary N) is 1. The number of hydrogen-bond acceptors (Lipinski definition) is 6. The van der Waals surface area contributed by atoms with Crippen molar-refractivity contribution in [2.45, 2.75) is 26.3 Å². The second-order valence-electron chi connectivity index (χ2n) is 8.57. The summed E-state index contributed by atoms with van der Waals surface area (Å²) in [5, 5.41) is 9.47. The maximum absolute atomic E-state index is 14.0. The van der Waals surface area contributed by atoms with Gasteiger partial charge in [0.25, 0.3) is 5.56 Å². The average molecular weight is 498 g/mol. The van der Waals surface area contributed by atoms with Crippen molar-refractivity contribution in [1.82, 2.24) is 14.1 Å². The minimum absolute atomic E-state index is 0.0392. The summed E-state index contributed by atoms with van der Waals surface area (Å²) in [5.41, 5.74) is 4.47. The van der Waals surface area contributed by atoms with Gasteiger partial charge in [0.2, 0.25) is 5.91 Å². The molecule has 1 aliphatic rings. The molecule has 0 spiro atoms. The molecule has 0 bridgehead atoms. The molecule has 36 heavy (non-hydrogen) atoms. The summed E-state index contributed by atoms with van der Waals surface area (Å²) in [7, 11) is 0. The molecule has 0 saturated carbocycles. The Labute approximate surface area is 202 Å². The van der Waals surface area contributed by atoms with E-state index in [1.807, 2.05) is 6.07 Å². The monoisotopic (exact) mass is 498 g/mol. The molecule has 9 nitrogen and oxygen atoms in total. The predicted molar refractivity (Wildman–Crippen MR) is 123 cm³/mol. The van der Waals surface area contributed by atoms with Crippen LogP contribution in [0.2, 0.25) is 0 Å². The molecule has 12 heteroatoms. The van der Waals surface area contributed by atoms with Gasteiger partial charge in [-0.25, -0.2) is 22.5 Å². The molecule has 1 amide bonds. The molecule has 3 aromatic rings. The van der Waals surface area contributed by atoms with Crippen molar-refractivity contribution in [3.8, 4) is 11.8 Å². The van der Waals surface area contributed by atoms with Crippen LogP contribution in [0.25, 0.3) is 5.69 Å². The lowest BCUT2D eigenvalue weighted by Gasteiger charge is -2.26. The summed E-state index contributed by atoms with van der Waals surface area (Å²) < 4.78 is 43.4. The number of benzene rings is 1. The summed E-state index contributed by atoms with van der Waals surface area (Å²) in [6.07, 6.45) is 2.78. The first-order valence-corrected chi connectivity index (χ1v) is 11.0. The van der Waals surface area contributed by atoms with Gasteiger partial charge in [0, 0.05) is 25.7 Å². The van der Waals surface area contributed by atoms with Crippen LogP contribution in [0.15, 0.2) is 40.2 Å². The highest BCUT2D eigenvalue weighted by Crippen LogP contribution is 2.27. The number of aromatic nitrogens is 3. The molecular weight excluding hydrogens is 477 g/mol. The number of halogens is 3. The third-order valence-electron chi connectivity index (χ3n) is 6.07. The van der Waals surface area contributed by atoms with Crippen LogP contribution in [0.4, 0.5) is 19.0 Å². The van der Waals surface area contributed by atoms with Gasteiger partial charge in [-0.15, -0.1) is 0 Å². The third-order valence-corrected chi connectivity index (χ3v) is 6.07. The number of anilines is 1. The topological polar surface area (TPSA) is 127 Å². The molecule has 1 fully saturated rings. The Hall–Kier alpha value is -4.40. The van der Waals surface area contributed by atoms with E-state index in [4.69, 9.17) is 5.73 Å². The second-order valence-corrected chi connectivity index (χ2v) is 8.57. The fourth-order valence-corrected chi connectivity index (χ4v) is 4.41. The van der Waals surface area contributed by atoms with E-state index in [0.29, 0.717) is 12.0 Å². The van der Waals surface area contributed by atoms with Crippen LogP contribution in [-0.2, 0) is 17.8 Å². The van der Waals surface area contributed by atoms with Crippen LogP contribution < -0.4 is 21.9 Å². The number of rotatable bonds is 6. The molecule has 1 saturated heterocycles. The van der Waals surface area contributed by atoms with Crippen molar-refractivity contribution in [2.75, 3.05) is 18.0 Å². The van der Waals surface area contributed by atoms with E-state index in [1.54, 1.807) is 17.9 Å². The van der Waals surface area contributed by atoms with E-state index in [-0.39, 0.29) is 42.1 Å². The molecular formula is C24H21F3N6O3. The van der Waals surface area contributed by atoms with Gasteiger partial charge < -0.3 is 10.6 Å². The van der Waals surface area contributed by atoms with Crippen molar-refractivity contribution in [1.29, 1.82) is 5.26 Å². The lowest BCUT2D eigenvalue weighted by molar-refractivity contribution is -0.121. The first-order valence-electron chi connectivity index (χ1n) is 11.0. The standard InChI is InChI=1S/C24H21F3N6O3/c1-13-6-16(11-30-10-13)33-23(35)17(7-14-8-18(25)20(27)19(26)9-14)22(32(5-3-28)24(33)36)31-4-2-15(12-31)21(29)34/h6,8-11,15H,2,4-5,7,12H2,1H3,(H2,29,34)/t15-/m1/s1. The van der Waals surface area contributed by atoms with Crippen LogP contribution in [-0.4, -0.2) is 33.1 Å².